The first-order valence-corrected chi connectivity index (χ1v) is 12.1. The summed E-state index contributed by atoms with van der Waals surface area (Å²) < 4.78 is 0. The molecule has 16 heteroatoms. The lowest BCUT2D eigenvalue weighted by atomic mass is 10.1. The second-order valence-electron chi connectivity index (χ2n) is 7.55. The summed E-state index contributed by atoms with van der Waals surface area (Å²) in [6, 6.07) is -5.00. The number of nitrogens with zero attached hydrogens (tertiary/aromatic N) is 1. The van der Waals surface area contributed by atoms with Crippen molar-refractivity contribution in [2.75, 3.05) is 25.2 Å². The topological polar surface area (TPSA) is 278 Å². The van der Waals surface area contributed by atoms with Gasteiger partial charge in [-0.2, -0.15) is 11.8 Å². The number of amides is 4. The number of aliphatic carboxylic acids is 1. The average Bonchev–Trinajstić information content (AvgIpc) is 2.79. The Morgan fingerprint density at radius 2 is 1.43 bits per heavy atom. The fourth-order valence-corrected chi connectivity index (χ4v) is 3.20. The number of carboxylic acids is 1. The van der Waals surface area contributed by atoms with E-state index in [4.69, 9.17) is 33.1 Å². The lowest BCUT2D eigenvalue weighted by molar-refractivity contribution is -0.143. The molecular formula is C19H36N8O7S. The van der Waals surface area contributed by atoms with Gasteiger partial charge in [0, 0.05) is 13.0 Å². The van der Waals surface area contributed by atoms with Gasteiger partial charge in [0.1, 0.15) is 18.1 Å². The molecule has 4 amide bonds. The largest absolute Gasteiger partial charge is 0.480 e. The SMILES string of the molecule is CSCCC(N)C(=O)NC(CCCN=C(N)N)C(=O)NC(CCC(N)=O)C(=O)NC(CO)C(=O)O. The van der Waals surface area contributed by atoms with Crippen LogP contribution in [0.2, 0.25) is 0 Å². The van der Waals surface area contributed by atoms with Crippen LogP contribution in [-0.4, -0.2) is 95.1 Å². The number of aliphatic hydroxyl groups excluding tert-OH is 1. The molecule has 200 valence electrons. The molecule has 15 nitrogen and oxygen atoms in total. The Hall–Kier alpha value is -3.11. The smallest absolute Gasteiger partial charge is 0.328 e. The third kappa shape index (κ3) is 14.0. The molecular weight excluding hydrogens is 484 g/mol. The van der Waals surface area contributed by atoms with Gasteiger partial charge in [0.2, 0.25) is 23.6 Å². The lowest BCUT2D eigenvalue weighted by Gasteiger charge is -2.25. The molecule has 0 aromatic heterocycles. The van der Waals surface area contributed by atoms with Gasteiger partial charge >= 0.3 is 5.97 Å². The van der Waals surface area contributed by atoms with E-state index >= 15 is 0 Å². The van der Waals surface area contributed by atoms with E-state index < -0.39 is 60.4 Å². The zero-order chi connectivity index (χ0) is 27.0. The summed E-state index contributed by atoms with van der Waals surface area (Å²) >= 11 is 1.50. The first kappa shape index (κ1) is 31.9. The molecule has 13 N–H and O–H groups in total. The third-order valence-electron chi connectivity index (χ3n) is 4.66. The minimum absolute atomic E-state index is 0.0855. The van der Waals surface area contributed by atoms with Crippen LogP contribution >= 0.6 is 11.8 Å². The number of nitrogens with one attached hydrogen (secondary N) is 3. The fourth-order valence-electron chi connectivity index (χ4n) is 2.71. The van der Waals surface area contributed by atoms with Crippen molar-refractivity contribution in [3.63, 3.8) is 0 Å². The standard InChI is InChI=1S/C19H36N8O7S/c1-35-8-6-10(20)15(30)25-11(3-2-7-24-19(22)23)16(31)26-12(4-5-14(21)29)17(32)27-13(9-28)18(33)34/h10-13,28H,2-9,20H2,1H3,(H2,21,29)(H,25,30)(H,26,31)(H,27,32)(H,33,34)(H4,22,23,24). The van der Waals surface area contributed by atoms with Crippen LogP contribution in [0, 0.1) is 0 Å². The Morgan fingerprint density at radius 1 is 0.886 bits per heavy atom. The molecule has 0 saturated heterocycles. The van der Waals surface area contributed by atoms with Crippen LogP contribution in [0.5, 0.6) is 0 Å². The van der Waals surface area contributed by atoms with Gasteiger partial charge in [-0.15, -0.1) is 0 Å². The van der Waals surface area contributed by atoms with Crippen LogP contribution in [0.25, 0.3) is 0 Å². The molecule has 0 rings (SSSR count). The first-order valence-electron chi connectivity index (χ1n) is 10.8. The van der Waals surface area contributed by atoms with E-state index in [1.54, 1.807) is 0 Å². The summed E-state index contributed by atoms with van der Waals surface area (Å²) in [5, 5.41) is 25.2. The van der Waals surface area contributed by atoms with Gasteiger partial charge in [-0.25, -0.2) is 4.79 Å². The number of thioether (sulfide) groups is 1. The van der Waals surface area contributed by atoms with Crippen molar-refractivity contribution in [3.05, 3.63) is 0 Å². The van der Waals surface area contributed by atoms with Gasteiger partial charge in [0.15, 0.2) is 5.96 Å². The summed E-state index contributed by atoms with van der Waals surface area (Å²) in [6.07, 6.45) is 2.06. The van der Waals surface area contributed by atoms with Crippen molar-refractivity contribution in [2.45, 2.75) is 56.3 Å². The Labute approximate surface area is 207 Å². The number of hydrogen-bond donors (Lipinski definition) is 9. The molecule has 0 saturated carbocycles. The molecule has 0 spiro atoms. The number of hydrogen-bond acceptors (Lipinski definition) is 9. The van der Waals surface area contributed by atoms with Gasteiger partial charge in [-0.3, -0.25) is 24.2 Å². The quantitative estimate of drug-likeness (QED) is 0.0475. The van der Waals surface area contributed by atoms with Crippen LogP contribution in [-0.2, 0) is 24.0 Å². The highest BCUT2D eigenvalue weighted by atomic mass is 32.2. The zero-order valence-corrected chi connectivity index (χ0v) is 20.4. The van der Waals surface area contributed by atoms with E-state index in [9.17, 15) is 24.0 Å². The molecule has 0 radical (unpaired) electrons. The average molecular weight is 521 g/mol. The molecule has 4 unspecified atom stereocenters. The summed E-state index contributed by atoms with van der Waals surface area (Å²) in [6.45, 7) is -0.724. The molecule has 0 heterocycles. The second kappa shape index (κ2) is 17.3. The van der Waals surface area contributed by atoms with E-state index in [0.717, 1.165) is 0 Å². The number of primary amides is 1. The van der Waals surface area contributed by atoms with Crippen molar-refractivity contribution in [1.29, 1.82) is 0 Å². The summed E-state index contributed by atoms with van der Waals surface area (Å²) in [7, 11) is 0. The van der Waals surface area contributed by atoms with Gasteiger partial charge in [-0.1, -0.05) is 0 Å². The number of aliphatic imine (C=N–C) groups is 1. The highest BCUT2D eigenvalue weighted by molar-refractivity contribution is 7.98. The van der Waals surface area contributed by atoms with Gasteiger partial charge < -0.3 is 49.1 Å². The molecule has 0 aromatic carbocycles. The molecule has 0 bridgehead atoms. The monoisotopic (exact) mass is 520 g/mol. The summed E-state index contributed by atoms with van der Waals surface area (Å²) in [5.41, 5.74) is 21.6. The first-order chi connectivity index (χ1) is 16.4. The molecule has 0 fully saturated rings. The number of guanidine groups is 1. The second-order valence-corrected chi connectivity index (χ2v) is 8.53. The number of aliphatic hydroxyl groups is 1. The number of carbonyl (C=O) groups is 5. The number of carbonyl (C=O) groups excluding carboxylic acids is 4. The van der Waals surface area contributed by atoms with Crippen LogP contribution < -0.4 is 38.9 Å². The minimum atomic E-state index is -1.63. The van der Waals surface area contributed by atoms with E-state index in [1.165, 1.54) is 11.8 Å². The van der Waals surface area contributed by atoms with Crippen LogP contribution in [0.15, 0.2) is 4.99 Å². The maximum Gasteiger partial charge on any atom is 0.328 e. The lowest BCUT2D eigenvalue weighted by Crippen LogP contribution is -2.57. The van der Waals surface area contributed by atoms with Crippen molar-refractivity contribution >= 4 is 47.3 Å². The predicted octanol–water partition coefficient (Wildman–Crippen LogP) is -4.08. The molecule has 0 aliphatic rings. The molecule has 0 aliphatic heterocycles. The van der Waals surface area contributed by atoms with E-state index in [2.05, 4.69) is 20.9 Å². The van der Waals surface area contributed by atoms with Crippen molar-refractivity contribution in [2.24, 2.45) is 27.9 Å². The van der Waals surface area contributed by atoms with Gasteiger partial charge in [0.05, 0.1) is 12.6 Å². The molecule has 0 aliphatic carbocycles. The normalized spacial score (nSPS) is 14.0. The summed E-state index contributed by atoms with van der Waals surface area (Å²) in [5.74, 6) is -4.08. The van der Waals surface area contributed by atoms with E-state index in [-0.39, 0.29) is 31.8 Å². The number of nitrogens with two attached hydrogens (primary N) is 4. The molecule has 4 atom stereocenters. The highest BCUT2D eigenvalue weighted by Crippen LogP contribution is 2.05. The fraction of sp³-hybridized carbons (Fsp3) is 0.684. The Kier molecular flexibility index (Phi) is 15.8. The van der Waals surface area contributed by atoms with E-state index in [1.807, 2.05) is 6.26 Å². The Bertz CT molecular complexity index is 763. The van der Waals surface area contributed by atoms with Gasteiger partial charge in [-0.05, 0) is 37.7 Å². The molecule has 35 heavy (non-hydrogen) atoms. The van der Waals surface area contributed by atoms with Crippen molar-refractivity contribution < 1.29 is 34.2 Å². The minimum Gasteiger partial charge on any atom is -0.480 e. The third-order valence-corrected chi connectivity index (χ3v) is 5.30. The van der Waals surface area contributed by atoms with Crippen molar-refractivity contribution in [3.8, 4) is 0 Å². The summed E-state index contributed by atoms with van der Waals surface area (Å²) in [4.78, 5) is 64.1. The Morgan fingerprint density at radius 3 is 1.91 bits per heavy atom. The number of carboxylic acid groups (broad SMARTS) is 1. The number of rotatable bonds is 18. The molecule has 0 aromatic rings. The van der Waals surface area contributed by atoms with E-state index in [0.29, 0.717) is 18.6 Å². The van der Waals surface area contributed by atoms with Crippen LogP contribution in [0.1, 0.15) is 32.1 Å². The van der Waals surface area contributed by atoms with Crippen LogP contribution in [0.4, 0.5) is 0 Å². The highest BCUT2D eigenvalue weighted by Gasteiger charge is 2.30. The zero-order valence-electron chi connectivity index (χ0n) is 19.6. The van der Waals surface area contributed by atoms with Crippen molar-refractivity contribution in [1.82, 2.24) is 16.0 Å². The van der Waals surface area contributed by atoms with Crippen LogP contribution in [0.3, 0.4) is 0 Å². The maximum absolute atomic E-state index is 13.0. The predicted molar refractivity (Wildman–Crippen MR) is 130 cm³/mol. The van der Waals surface area contributed by atoms with Gasteiger partial charge in [0.25, 0.3) is 0 Å². The Balaban J connectivity index is 5.55. The maximum atomic E-state index is 13.0.